The van der Waals surface area contributed by atoms with Gasteiger partial charge in [0.1, 0.15) is 11.6 Å². The molecule has 2 atom stereocenters. The predicted molar refractivity (Wildman–Crippen MR) is 77.9 cm³/mol. The smallest absolute Gasteiger partial charge is 0.319 e. The largest absolute Gasteiger partial charge is 0.331 e. The Morgan fingerprint density at radius 1 is 1.48 bits per heavy atom. The zero-order valence-electron chi connectivity index (χ0n) is 12.1. The van der Waals surface area contributed by atoms with Crippen molar-refractivity contribution >= 4 is 11.7 Å². The molecule has 4 N–H and O–H groups in total. The number of halogens is 2. The van der Waals surface area contributed by atoms with Gasteiger partial charge in [-0.1, -0.05) is 19.8 Å². The minimum Gasteiger partial charge on any atom is -0.331 e. The highest BCUT2D eigenvalue weighted by atomic mass is 19.1. The average Bonchev–Trinajstić information content (AvgIpc) is 2.42. The first-order valence-corrected chi connectivity index (χ1v) is 7.18. The minimum atomic E-state index is -0.802. The number of anilines is 1. The molecular weight excluding hydrogens is 276 g/mol. The van der Waals surface area contributed by atoms with Crippen LogP contribution < -0.4 is 16.4 Å². The summed E-state index contributed by atoms with van der Waals surface area (Å²) in [5, 5.41) is 5.28. The molecule has 2 unspecified atom stereocenters. The summed E-state index contributed by atoms with van der Waals surface area (Å²) < 4.78 is 26.4. The summed E-state index contributed by atoms with van der Waals surface area (Å²) in [4.78, 5) is 12.1. The van der Waals surface area contributed by atoms with Crippen LogP contribution in [0.3, 0.4) is 0 Å². The number of carbonyl (C=O) groups excluding carboxylic acids is 1. The van der Waals surface area contributed by atoms with Crippen molar-refractivity contribution in [3.8, 4) is 0 Å². The van der Waals surface area contributed by atoms with Crippen LogP contribution in [0.5, 0.6) is 0 Å². The van der Waals surface area contributed by atoms with Crippen LogP contribution in [-0.4, -0.2) is 18.1 Å². The van der Waals surface area contributed by atoms with E-state index in [2.05, 4.69) is 17.6 Å². The molecule has 1 aromatic carbocycles. The van der Waals surface area contributed by atoms with Crippen molar-refractivity contribution in [2.75, 3.05) is 11.9 Å². The summed E-state index contributed by atoms with van der Waals surface area (Å²) in [5.41, 5.74) is 5.33. The number of amides is 2. The van der Waals surface area contributed by atoms with Crippen molar-refractivity contribution in [1.82, 2.24) is 5.32 Å². The Hall–Kier alpha value is -1.69. The van der Waals surface area contributed by atoms with E-state index in [0.717, 1.165) is 37.8 Å². The number of rotatable bonds is 3. The molecule has 1 aliphatic rings. The molecule has 1 aromatic rings. The standard InChI is InChI=1S/C15H21F2N3O/c1-10-3-2-6-15(8-10,9-18)20-14(21)19-13-5-4-11(16)7-12(13)17/h4-5,7,10H,2-3,6,8-9,18H2,1H3,(H2,19,20,21). The molecule has 0 saturated heterocycles. The van der Waals surface area contributed by atoms with E-state index >= 15 is 0 Å². The van der Waals surface area contributed by atoms with Crippen molar-refractivity contribution in [2.24, 2.45) is 11.7 Å². The lowest BCUT2D eigenvalue weighted by Crippen LogP contribution is -2.57. The first kappa shape index (κ1) is 15.7. The van der Waals surface area contributed by atoms with Crippen molar-refractivity contribution in [3.05, 3.63) is 29.8 Å². The highest BCUT2D eigenvalue weighted by molar-refractivity contribution is 5.89. The molecule has 21 heavy (non-hydrogen) atoms. The van der Waals surface area contributed by atoms with Gasteiger partial charge in [0, 0.05) is 12.6 Å². The first-order chi connectivity index (χ1) is 9.94. The van der Waals surface area contributed by atoms with Gasteiger partial charge in [-0.2, -0.15) is 0 Å². The number of nitrogens with one attached hydrogen (secondary N) is 2. The van der Waals surface area contributed by atoms with E-state index < -0.39 is 23.2 Å². The molecule has 4 nitrogen and oxygen atoms in total. The zero-order chi connectivity index (χ0) is 15.5. The van der Waals surface area contributed by atoms with E-state index in [4.69, 9.17) is 5.73 Å². The maximum atomic E-state index is 13.5. The van der Waals surface area contributed by atoms with Crippen LogP contribution in [0.2, 0.25) is 0 Å². The van der Waals surface area contributed by atoms with Crippen molar-refractivity contribution in [1.29, 1.82) is 0 Å². The van der Waals surface area contributed by atoms with Gasteiger partial charge in [-0.15, -0.1) is 0 Å². The van der Waals surface area contributed by atoms with Gasteiger partial charge < -0.3 is 16.4 Å². The molecule has 1 saturated carbocycles. The number of urea groups is 1. The van der Waals surface area contributed by atoms with Gasteiger partial charge in [0.15, 0.2) is 0 Å². The van der Waals surface area contributed by atoms with Crippen LogP contribution in [0, 0.1) is 17.6 Å². The van der Waals surface area contributed by atoms with Gasteiger partial charge in [0.05, 0.1) is 11.2 Å². The number of carbonyl (C=O) groups is 1. The monoisotopic (exact) mass is 297 g/mol. The Labute approximate surface area is 123 Å². The lowest BCUT2D eigenvalue weighted by atomic mass is 9.76. The van der Waals surface area contributed by atoms with Crippen LogP contribution in [0.1, 0.15) is 32.6 Å². The molecule has 6 heteroatoms. The van der Waals surface area contributed by atoms with E-state index in [1.54, 1.807) is 0 Å². The summed E-state index contributed by atoms with van der Waals surface area (Å²) in [7, 11) is 0. The molecule has 1 fully saturated rings. The summed E-state index contributed by atoms with van der Waals surface area (Å²) in [5.74, 6) is -0.993. The normalized spacial score (nSPS) is 25.4. The summed E-state index contributed by atoms with van der Waals surface area (Å²) >= 11 is 0. The molecule has 0 radical (unpaired) electrons. The fourth-order valence-electron chi connectivity index (χ4n) is 3.00. The zero-order valence-corrected chi connectivity index (χ0v) is 12.1. The first-order valence-electron chi connectivity index (χ1n) is 7.18. The van der Waals surface area contributed by atoms with E-state index in [1.807, 2.05) is 0 Å². The van der Waals surface area contributed by atoms with Gasteiger partial charge in [0.2, 0.25) is 0 Å². The molecule has 1 aliphatic carbocycles. The van der Waals surface area contributed by atoms with Gasteiger partial charge in [-0.25, -0.2) is 13.6 Å². The van der Waals surface area contributed by atoms with Gasteiger partial charge in [-0.05, 0) is 30.9 Å². The van der Waals surface area contributed by atoms with Crippen LogP contribution in [0.25, 0.3) is 0 Å². The molecule has 0 spiro atoms. The Morgan fingerprint density at radius 3 is 2.86 bits per heavy atom. The number of hydrogen-bond donors (Lipinski definition) is 3. The third kappa shape index (κ3) is 3.91. The molecule has 0 aromatic heterocycles. The Bertz CT molecular complexity index is 524. The van der Waals surface area contributed by atoms with Gasteiger partial charge in [0.25, 0.3) is 0 Å². The van der Waals surface area contributed by atoms with Crippen LogP contribution in [0.4, 0.5) is 19.3 Å². The van der Waals surface area contributed by atoms with Crippen LogP contribution in [0.15, 0.2) is 18.2 Å². The van der Waals surface area contributed by atoms with Crippen molar-refractivity contribution in [3.63, 3.8) is 0 Å². The van der Waals surface area contributed by atoms with E-state index in [1.165, 1.54) is 6.07 Å². The minimum absolute atomic E-state index is 0.0510. The van der Waals surface area contributed by atoms with Crippen molar-refractivity contribution in [2.45, 2.75) is 38.1 Å². The van der Waals surface area contributed by atoms with Gasteiger partial charge in [-0.3, -0.25) is 0 Å². The Kier molecular flexibility index (Phi) is 4.77. The average molecular weight is 297 g/mol. The lowest BCUT2D eigenvalue weighted by molar-refractivity contribution is 0.191. The third-order valence-corrected chi connectivity index (χ3v) is 4.04. The summed E-state index contributed by atoms with van der Waals surface area (Å²) in [6.07, 6.45) is 3.75. The van der Waals surface area contributed by atoms with Crippen LogP contribution in [-0.2, 0) is 0 Å². The molecule has 0 aliphatic heterocycles. The number of benzene rings is 1. The van der Waals surface area contributed by atoms with Gasteiger partial charge >= 0.3 is 6.03 Å². The highest BCUT2D eigenvalue weighted by Crippen LogP contribution is 2.31. The maximum absolute atomic E-state index is 13.5. The Balaban J connectivity index is 2.03. The molecule has 116 valence electrons. The maximum Gasteiger partial charge on any atom is 0.319 e. The Morgan fingerprint density at radius 2 is 2.24 bits per heavy atom. The predicted octanol–water partition coefficient (Wildman–Crippen LogP) is 2.99. The lowest BCUT2D eigenvalue weighted by Gasteiger charge is -2.39. The quantitative estimate of drug-likeness (QED) is 0.803. The molecule has 2 rings (SSSR count). The third-order valence-electron chi connectivity index (χ3n) is 4.04. The SMILES string of the molecule is CC1CCCC(CN)(NC(=O)Nc2ccc(F)cc2F)C1. The molecule has 2 amide bonds. The van der Waals surface area contributed by atoms with Crippen molar-refractivity contribution < 1.29 is 13.6 Å². The molecular formula is C15H21F2N3O. The van der Waals surface area contributed by atoms with E-state index in [9.17, 15) is 13.6 Å². The van der Waals surface area contributed by atoms with Crippen LogP contribution >= 0.6 is 0 Å². The highest BCUT2D eigenvalue weighted by Gasteiger charge is 2.35. The number of nitrogens with two attached hydrogens (primary N) is 1. The fraction of sp³-hybridized carbons (Fsp3) is 0.533. The topological polar surface area (TPSA) is 67.1 Å². The fourth-order valence-corrected chi connectivity index (χ4v) is 3.00. The second-order valence-corrected chi connectivity index (χ2v) is 5.89. The molecule has 0 bridgehead atoms. The number of hydrogen-bond acceptors (Lipinski definition) is 2. The molecule has 0 heterocycles. The van der Waals surface area contributed by atoms with E-state index in [-0.39, 0.29) is 5.69 Å². The second kappa shape index (κ2) is 6.39. The summed E-state index contributed by atoms with van der Waals surface area (Å²) in [6.45, 7) is 2.47. The second-order valence-electron chi connectivity index (χ2n) is 5.89. The van der Waals surface area contributed by atoms with E-state index in [0.29, 0.717) is 12.5 Å². The summed E-state index contributed by atoms with van der Waals surface area (Å²) in [6, 6.07) is 2.51.